The average Bonchev–Trinajstić information content (AvgIpc) is 3.19. The summed E-state index contributed by atoms with van der Waals surface area (Å²) in [4.78, 5) is 15.8. The molecule has 63 heavy (non-hydrogen) atoms. The first kappa shape index (κ1) is 50.6. The lowest BCUT2D eigenvalue weighted by molar-refractivity contribution is -0.0000202. The summed E-state index contributed by atoms with van der Waals surface area (Å²) in [5.41, 5.74) is 21.5. The molecule has 7 rings (SSSR count). The lowest BCUT2D eigenvalue weighted by Crippen LogP contribution is -3.00. The molecule has 0 bridgehead atoms. The molecule has 338 valence electrons. The first-order valence-electron chi connectivity index (χ1n) is 19.0. The number of fused-ring (bicyclic) bond motifs is 2. The summed E-state index contributed by atoms with van der Waals surface area (Å²) in [6, 6.07) is 26.7. The van der Waals surface area contributed by atoms with Gasteiger partial charge in [-0.15, -0.1) is 0 Å². The summed E-state index contributed by atoms with van der Waals surface area (Å²) in [5.74, 6) is 0.946. The number of aryl methyl sites for hydroxylation is 1. The number of anilines is 4. The van der Waals surface area contributed by atoms with Crippen molar-refractivity contribution in [3.63, 3.8) is 0 Å². The van der Waals surface area contributed by atoms with Gasteiger partial charge in [0.15, 0.2) is 22.8 Å². The number of aliphatic hydroxyl groups is 1. The summed E-state index contributed by atoms with van der Waals surface area (Å²) in [6.45, 7) is 10.7. The standard InChI is InChI=1S/C15H16ClN3O4S2.C14H22ClNO2.C12H11N7.ClH/c1-9(10-5-3-2-4-6-10)15-18-12-7-11(16)13(24(17,20)21)8-14(12)25(22,23)19-15;1-10-5-6-12(15)13(7-10)18-9-11(17)8-16-14(2,3)4;13-9-7(6-4-2-1-3-5-6)16-8-10(14)18-12(15)19-11(8)17-9;/h2-9,15,18-19H,1H3,(H2,17,20,21);5-7,11,16-17H,8-9H2,1-4H3;1-5H,(H6,13,14,15,17,18,19);1H. The number of primary sulfonamides is 1. The molecule has 17 nitrogen and oxygen atoms in total. The molecule has 0 fully saturated rings. The van der Waals surface area contributed by atoms with Gasteiger partial charge in [-0.3, -0.25) is 0 Å². The number of nitrogens with zero attached hydrogens (tertiary/aromatic N) is 4. The molecule has 12 N–H and O–H groups in total. The predicted molar refractivity (Wildman–Crippen MR) is 246 cm³/mol. The Balaban J connectivity index is 0.000000256. The summed E-state index contributed by atoms with van der Waals surface area (Å²) in [5, 5.41) is 21.6. The maximum Gasteiger partial charge on any atom is 1.00 e. The molecular weight excluding hydrogens is 913 g/mol. The molecule has 0 radical (unpaired) electrons. The van der Waals surface area contributed by atoms with E-state index in [1.54, 1.807) is 6.07 Å². The second kappa shape index (κ2) is 21.1. The number of hydrogen-bond acceptors (Lipinski definition) is 15. The van der Waals surface area contributed by atoms with Gasteiger partial charge in [-0.2, -0.15) is 14.7 Å². The Morgan fingerprint density at radius 3 is 2.16 bits per heavy atom. The Morgan fingerprint density at radius 1 is 0.905 bits per heavy atom. The maximum absolute atomic E-state index is 12.6. The van der Waals surface area contributed by atoms with Crippen molar-refractivity contribution in [1.82, 2.24) is 30.0 Å². The minimum Gasteiger partial charge on any atom is -1.00 e. The highest BCUT2D eigenvalue weighted by Crippen LogP contribution is 2.36. The van der Waals surface area contributed by atoms with Gasteiger partial charge in [0, 0.05) is 23.6 Å². The van der Waals surface area contributed by atoms with E-state index < -0.39 is 37.2 Å². The van der Waals surface area contributed by atoms with Crippen LogP contribution in [0.1, 0.15) is 46.2 Å². The monoisotopic (exact) mass is 961 g/mol. The van der Waals surface area contributed by atoms with Crippen LogP contribution in [0.3, 0.4) is 0 Å². The largest absolute Gasteiger partial charge is 1.00 e. The Labute approximate surface area is 384 Å². The molecule has 0 aliphatic carbocycles. The minimum absolute atomic E-state index is 0. The molecule has 22 heteroatoms. The molecule has 1 aliphatic rings. The zero-order valence-electron chi connectivity index (χ0n) is 35.8. The van der Waals surface area contributed by atoms with Crippen molar-refractivity contribution in [1.29, 1.82) is 0 Å². The third-order valence-electron chi connectivity index (χ3n) is 9.08. The zero-order chi connectivity index (χ0) is 45.6. The number of nitrogens with two attached hydrogens (primary N) is 4. The van der Waals surface area contributed by atoms with Gasteiger partial charge in [0.1, 0.15) is 33.9 Å². The van der Waals surface area contributed by atoms with E-state index in [4.69, 9.17) is 50.3 Å². The molecule has 3 atom stereocenters. The molecule has 0 amide bonds. The van der Waals surface area contributed by atoms with Crippen LogP contribution in [-0.2, 0) is 20.0 Å². The van der Waals surface area contributed by atoms with Crippen LogP contribution in [-0.4, -0.2) is 72.8 Å². The van der Waals surface area contributed by atoms with Crippen LogP contribution in [0.15, 0.2) is 101 Å². The number of benzene rings is 4. The number of ether oxygens (including phenoxy) is 1. The van der Waals surface area contributed by atoms with Gasteiger partial charge in [0.05, 0.1) is 21.9 Å². The maximum atomic E-state index is 12.6. The predicted octanol–water partition coefficient (Wildman–Crippen LogP) is 2.55. The van der Waals surface area contributed by atoms with E-state index in [0.717, 1.165) is 22.8 Å². The SMILES string of the molecule is CC(c1ccccc1)C1Nc2cc(Cl)c(S(N)(=O)=O)cc2S(=O)(=O)N1.Cc1ccc(Cl)c(OCC(O)CNC(C)(C)C)c1.Nc1nc(N)c2nc(-c3ccccc3)c(N)nc2n1.[Cl-].[H+]. The van der Waals surface area contributed by atoms with E-state index in [0.29, 0.717) is 34.2 Å². The quantitative estimate of drug-likeness (QED) is 0.103. The number of hydrogen-bond donors (Lipinski definition) is 8. The van der Waals surface area contributed by atoms with E-state index in [9.17, 15) is 21.9 Å². The Hall–Kier alpha value is -5.09. The van der Waals surface area contributed by atoms with E-state index in [1.807, 2.05) is 86.6 Å². The molecule has 2 aromatic heterocycles. The molecule has 1 aliphatic heterocycles. The van der Waals surface area contributed by atoms with E-state index >= 15 is 0 Å². The van der Waals surface area contributed by atoms with Gasteiger partial charge in [0.25, 0.3) is 0 Å². The van der Waals surface area contributed by atoms with Crippen LogP contribution in [0, 0.1) is 6.92 Å². The van der Waals surface area contributed by atoms with Crippen LogP contribution < -0.4 is 54.8 Å². The number of aliphatic hydroxyl groups excluding tert-OH is 1. The molecule has 3 heterocycles. The average molecular weight is 963 g/mol. The van der Waals surface area contributed by atoms with Gasteiger partial charge in [-0.1, -0.05) is 96.9 Å². The highest BCUT2D eigenvalue weighted by molar-refractivity contribution is 7.90. The molecular formula is C41H50Cl3N11O6S2. The fourth-order valence-electron chi connectivity index (χ4n) is 5.89. The van der Waals surface area contributed by atoms with Crippen LogP contribution in [0.4, 0.5) is 23.3 Å². The van der Waals surface area contributed by atoms with Crippen LogP contribution in [0.5, 0.6) is 5.75 Å². The Kier molecular flexibility index (Phi) is 16.9. The summed E-state index contributed by atoms with van der Waals surface area (Å²) >= 11 is 12.0. The van der Waals surface area contributed by atoms with E-state index in [1.165, 1.54) is 6.07 Å². The third kappa shape index (κ3) is 13.7. The van der Waals surface area contributed by atoms with Crippen molar-refractivity contribution in [3.05, 3.63) is 112 Å². The van der Waals surface area contributed by atoms with Crippen LogP contribution >= 0.6 is 23.2 Å². The minimum atomic E-state index is -4.14. The number of rotatable bonds is 9. The van der Waals surface area contributed by atoms with Crippen LogP contribution in [0.25, 0.3) is 22.4 Å². The number of nitrogens with one attached hydrogen (secondary N) is 3. The Morgan fingerprint density at radius 2 is 1.54 bits per heavy atom. The Bertz CT molecular complexity index is 2760. The van der Waals surface area contributed by atoms with Crippen molar-refractivity contribution in [2.24, 2.45) is 5.14 Å². The van der Waals surface area contributed by atoms with Crippen molar-refractivity contribution < 1.29 is 40.5 Å². The lowest BCUT2D eigenvalue weighted by atomic mass is 9.98. The van der Waals surface area contributed by atoms with Crippen LogP contribution in [0.2, 0.25) is 10.0 Å². The molecule has 4 aromatic carbocycles. The van der Waals surface area contributed by atoms with Gasteiger partial charge >= 0.3 is 1.43 Å². The van der Waals surface area contributed by atoms with E-state index in [-0.39, 0.29) is 65.1 Å². The molecule has 0 saturated heterocycles. The fourth-order valence-corrected chi connectivity index (χ4v) is 8.64. The number of nitrogen functional groups attached to an aromatic ring is 3. The summed E-state index contributed by atoms with van der Waals surface area (Å²) in [7, 11) is -8.08. The smallest absolute Gasteiger partial charge is 1.00 e. The zero-order valence-corrected chi connectivity index (χ0v) is 38.7. The molecule has 6 aromatic rings. The van der Waals surface area contributed by atoms with Gasteiger partial charge in [0.2, 0.25) is 26.0 Å². The second-order valence-electron chi connectivity index (χ2n) is 15.3. The number of sulfonamides is 2. The number of halogens is 3. The number of aromatic nitrogens is 4. The van der Waals surface area contributed by atoms with Crippen molar-refractivity contribution in [3.8, 4) is 17.0 Å². The van der Waals surface area contributed by atoms with Crippen molar-refractivity contribution in [2.75, 3.05) is 35.7 Å². The normalized spacial score (nSPS) is 15.2. The first-order valence-corrected chi connectivity index (χ1v) is 22.7. The van der Waals surface area contributed by atoms with E-state index in [2.05, 4.69) is 56.1 Å². The third-order valence-corrected chi connectivity index (χ3v) is 12.3. The number of β-amino-alcohol motifs (C(OH)–C–C–N with tert-alkyl or cyclic N) is 1. The van der Waals surface area contributed by atoms with Crippen molar-refractivity contribution >= 4 is 77.7 Å². The van der Waals surface area contributed by atoms with Gasteiger partial charge in [-0.25, -0.2) is 31.9 Å². The molecule has 3 unspecified atom stereocenters. The first-order chi connectivity index (χ1) is 29.0. The highest BCUT2D eigenvalue weighted by atomic mass is 35.5. The topological polar surface area (TPSA) is 289 Å². The van der Waals surface area contributed by atoms with Crippen molar-refractivity contribution in [2.45, 2.75) is 68.1 Å². The fraction of sp³-hybridized carbons (Fsp3) is 0.268. The second-order valence-corrected chi connectivity index (χ2v) is 19.3. The van der Waals surface area contributed by atoms with Gasteiger partial charge < -0.3 is 50.1 Å². The molecule has 0 spiro atoms. The summed E-state index contributed by atoms with van der Waals surface area (Å²) < 4.78 is 56.3. The highest BCUT2D eigenvalue weighted by Gasteiger charge is 2.34. The lowest BCUT2D eigenvalue weighted by Gasteiger charge is -2.32. The summed E-state index contributed by atoms with van der Waals surface area (Å²) in [6.07, 6.45) is -1.17. The molecule has 0 saturated carbocycles. The van der Waals surface area contributed by atoms with Gasteiger partial charge in [-0.05, 0) is 63.1 Å².